The molecule has 4 heteroatoms. The van der Waals surface area contributed by atoms with Crippen LogP contribution < -0.4 is 5.32 Å². The molecule has 0 aromatic heterocycles. The maximum atomic E-state index is 11.6. The van der Waals surface area contributed by atoms with Crippen molar-refractivity contribution >= 4 is 11.9 Å². The van der Waals surface area contributed by atoms with Crippen molar-refractivity contribution in [3.8, 4) is 0 Å². The van der Waals surface area contributed by atoms with E-state index in [1.165, 1.54) is 0 Å². The molecule has 0 bridgehead atoms. The van der Waals surface area contributed by atoms with Crippen molar-refractivity contribution in [2.45, 2.75) is 45.8 Å². The second kappa shape index (κ2) is 3.59. The molecule has 1 rings (SSSR count). The van der Waals surface area contributed by atoms with Crippen LogP contribution in [0.15, 0.2) is 0 Å². The molecular weight excluding hydrogens is 182 g/mol. The van der Waals surface area contributed by atoms with Crippen LogP contribution in [0.1, 0.15) is 34.1 Å². The van der Waals surface area contributed by atoms with Gasteiger partial charge in [0.1, 0.15) is 11.6 Å². The molecule has 1 aliphatic heterocycles. The predicted molar refractivity (Wildman–Crippen MR) is 51.6 cm³/mol. The molecule has 80 valence electrons. The van der Waals surface area contributed by atoms with Crippen molar-refractivity contribution in [3.63, 3.8) is 0 Å². The van der Waals surface area contributed by atoms with Gasteiger partial charge in [-0.2, -0.15) is 0 Å². The van der Waals surface area contributed by atoms with Crippen LogP contribution in [0.2, 0.25) is 0 Å². The van der Waals surface area contributed by atoms with E-state index in [1.807, 2.05) is 27.7 Å². The number of carbonyl (C=O) groups excluding carboxylic acids is 2. The van der Waals surface area contributed by atoms with Crippen LogP contribution in [-0.2, 0) is 14.3 Å². The number of carbonyl (C=O) groups is 2. The van der Waals surface area contributed by atoms with E-state index in [2.05, 4.69) is 5.32 Å². The summed E-state index contributed by atoms with van der Waals surface area (Å²) in [6.07, 6.45) is 0.407. The van der Waals surface area contributed by atoms with Gasteiger partial charge in [-0.25, -0.2) is 4.79 Å². The summed E-state index contributed by atoms with van der Waals surface area (Å²) >= 11 is 0. The smallest absolute Gasteiger partial charge is 0.329 e. The molecule has 1 heterocycles. The fraction of sp³-hybridized carbons (Fsp3) is 0.800. The molecule has 1 aliphatic rings. The Labute approximate surface area is 84.0 Å². The maximum Gasteiger partial charge on any atom is 0.329 e. The fourth-order valence-electron chi connectivity index (χ4n) is 1.44. The van der Waals surface area contributed by atoms with E-state index in [1.54, 1.807) is 0 Å². The Morgan fingerprint density at radius 1 is 1.50 bits per heavy atom. The Morgan fingerprint density at radius 3 is 2.43 bits per heavy atom. The lowest BCUT2D eigenvalue weighted by atomic mass is 10.0. The normalized spacial score (nSPS) is 27.3. The van der Waals surface area contributed by atoms with Crippen LogP contribution in [0.3, 0.4) is 0 Å². The van der Waals surface area contributed by atoms with E-state index in [0.29, 0.717) is 6.42 Å². The Morgan fingerprint density at radius 2 is 2.07 bits per heavy atom. The van der Waals surface area contributed by atoms with Gasteiger partial charge in [-0.1, -0.05) is 6.92 Å². The van der Waals surface area contributed by atoms with Gasteiger partial charge in [0.15, 0.2) is 0 Å². The Hall–Kier alpha value is -1.06. The molecule has 0 aliphatic carbocycles. The number of amides is 1. The van der Waals surface area contributed by atoms with Crippen molar-refractivity contribution in [2.75, 3.05) is 0 Å². The van der Waals surface area contributed by atoms with Crippen molar-refractivity contribution in [2.24, 2.45) is 5.92 Å². The average molecular weight is 199 g/mol. The maximum absolute atomic E-state index is 11.6. The van der Waals surface area contributed by atoms with Crippen LogP contribution in [0, 0.1) is 5.92 Å². The molecule has 2 atom stereocenters. The lowest BCUT2D eigenvalue weighted by Crippen LogP contribution is -2.41. The largest absolute Gasteiger partial charge is 0.458 e. The Kier molecular flexibility index (Phi) is 2.83. The monoisotopic (exact) mass is 199 g/mol. The van der Waals surface area contributed by atoms with Crippen LogP contribution in [0.5, 0.6) is 0 Å². The van der Waals surface area contributed by atoms with Gasteiger partial charge >= 0.3 is 5.97 Å². The van der Waals surface area contributed by atoms with Crippen molar-refractivity contribution in [3.05, 3.63) is 0 Å². The van der Waals surface area contributed by atoms with Gasteiger partial charge in [-0.3, -0.25) is 4.79 Å². The molecule has 1 fully saturated rings. The summed E-state index contributed by atoms with van der Waals surface area (Å²) in [6, 6.07) is -0.471. The van der Waals surface area contributed by atoms with Crippen LogP contribution >= 0.6 is 0 Å². The number of nitrogens with one attached hydrogen (secondary N) is 1. The Bertz CT molecular complexity index is 255. The highest BCUT2D eigenvalue weighted by Crippen LogP contribution is 2.19. The van der Waals surface area contributed by atoms with Crippen LogP contribution in [0.4, 0.5) is 0 Å². The van der Waals surface area contributed by atoms with Gasteiger partial charge < -0.3 is 10.1 Å². The third-order valence-corrected chi connectivity index (χ3v) is 2.05. The summed E-state index contributed by atoms with van der Waals surface area (Å²) in [5, 5.41) is 2.61. The molecule has 0 spiro atoms. The zero-order chi connectivity index (χ0) is 10.9. The minimum Gasteiger partial charge on any atom is -0.458 e. The molecule has 2 unspecified atom stereocenters. The number of hydrogen-bond acceptors (Lipinski definition) is 3. The summed E-state index contributed by atoms with van der Waals surface area (Å²) < 4.78 is 5.19. The highest BCUT2D eigenvalue weighted by Gasteiger charge is 2.36. The molecule has 0 radical (unpaired) electrons. The van der Waals surface area contributed by atoms with E-state index in [9.17, 15) is 9.59 Å². The first-order valence-corrected chi connectivity index (χ1v) is 4.82. The third-order valence-electron chi connectivity index (χ3n) is 2.05. The van der Waals surface area contributed by atoms with Crippen molar-refractivity contribution in [1.29, 1.82) is 0 Å². The zero-order valence-electron chi connectivity index (χ0n) is 9.09. The second-order valence-electron chi connectivity index (χ2n) is 4.76. The van der Waals surface area contributed by atoms with Gasteiger partial charge in [0, 0.05) is 6.42 Å². The summed E-state index contributed by atoms with van der Waals surface area (Å²) in [7, 11) is 0. The first-order chi connectivity index (χ1) is 6.29. The highest BCUT2D eigenvalue weighted by atomic mass is 16.6. The third kappa shape index (κ3) is 2.72. The molecular formula is C10H17NO3. The molecule has 0 aromatic carbocycles. The second-order valence-corrected chi connectivity index (χ2v) is 4.76. The van der Waals surface area contributed by atoms with Crippen LogP contribution in [-0.4, -0.2) is 23.5 Å². The van der Waals surface area contributed by atoms with Gasteiger partial charge in [0.25, 0.3) is 0 Å². The van der Waals surface area contributed by atoms with Gasteiger partial charge in [-0.05, 0) is 26.7 Å². The topological polar surface area (TPSA) is 55.4 Å². The predicted octanol–water partition coefficient (Wildman–Crippen LogP) is 0.853. The van der Waals surface area contributed by atoms with Gasteiger partial charge in [0.2, 0.25) is 5.91 Å². The minimum atomic E-state index is -0.496. The van der Waals surface area contributed by atoms with E-state index >= 15 is 0 Å². The molecule has 14 heavy (non-hydrogen) atoms. The molecule has 4 nitrogen and oxygen atoms in total. The lowest BCUT2D eigenvalue weighted by Gasteiger charge is -2.23. The number of rotatable bonds is 1. The molecule has 1 saturated heterocycles. The summed E-state index contributed by atoms with van der Waals surface area (Å²) in [4.78, 5) is 22.6. The molecule has 0 saturated carbocycles. The standard InChI is InChI=1S/C10H17NO3/c1-6-5-7(12)11-8(6)9(13)14-10(2,3)4/h6,8H,5H2,1-4H3,(H,11,12). The number of hydrogen-bond donors (Lipinski definition) is 1. The van der Waals surface area contributed by atoms with E-state index in [4.69, 9.17) is 4.74 Å². The highest BCUT2D eigenvalue weighted by molar-refractivity contribution is 5.88. The van der Waals surface area contributed by atoms with E-state index in [-0.39, 0.29) is 17.8 Å². The quantitative estimate of drug-likeness (QED) is 0.637. The van der Waals surface area contributed by atoms with Crippen molar-refractivity contribution < 1.29 is 14.3 Å². The minimum absolute atomic E-state index is 0.0253. The Balaban J connectivity index is 2.58. The summed E-state index contributed by atoms with van der Waals surface area (Å²) in [5.41, 5.74) is -0.496. The summed E-state index contributed by atoms with van der Waals surface area (Å²) in [5.74, 6) is -0.387. The van der Waals surface area contributed by atoms with E-state index < -0.39 is 11.6 Å². The molecule has 0 aromatic rings. The van der Waals surface area contributed by atoms with Gasteiger partial charge in [-0.15, -0.1) is 0 Å². The summed E-state index contributed by atoms with van der Waals surface area (Å²) in [6.45, 7) is 7.30. The average Bonchev–Trinajstić information content (AvgIpc) is 2.26. The number of ether oxygens (including phenoxy) is 1. The van der Waals surface area contributed by atoms with E-state index in [0.717, 1.165) is 0 Å². The zero-order valence-corrected chi connectivity index (χ0v) is 9.09. The van der Waals surface area contributed by atoms with Crippen LogP contribution in [0.25, 0.3) is 0 Å². The first-order valence-electron chi connectivity index (χ1n) is 4.82. The SMILES string of the molecule is CC1CC(=O)NC1C(=O)OC(C)(C)C. The molecule has 1 N–H and O–H groups in total. The molecule has 1 amide bonds. The lowest BCUT2D eigenvalue weighted by molar-refractivity contribution is -0.158. The fourth-order valence-corrected chi connectivity index (χ4v) is 1.44. The van der Waals surface area contributed by atoms with Gasteiger partial charge in [0.05, 0.1) is 0 Å². The first kappa shape index (κ1) is 11.0. The van der Waals surface area contributed by atoms with Crippen molar-refractivity contribution in [1.82, 2.24) is 5.32 Å². The number of esters is 1.